The van der Waals surface area contributed by atoms with E-state index in [0.29, 0.717) is 139 Å². The number of fused-ring (bicyclic) bond motifs is 5. The van der Waals surface area contributed by atoms with E-state index in [1.165, 1.54) is 0 Å². The maximum absolute atomic E-state index is 12.1. The fourth-order valence-corrected chi connectivity index (χ4v) is 20.7. The molecule has 5 N–H and O–H groups in total. The summed E-state index contributed by atoms with van der Waals surface area (Å²) in [4.78, 5) is 0. The molecule has 10 aromatic carbocycles. The van der Waals surface area contributed by atoms with Gasteiger partial charge in [-0.25, -0.2) is 42.1 Å². The molecule has 0 spiro atoms. The van der Waals surface area contributed by atoms with Gasteiger partial charge in [0.15, 0.2) is 0 Å². The van der Waals surface area contributed by atoms with Crippen LogP contribution < -0.4 is 47.3 Å². The Bertz CT molecular complexity index is 8080. The van der Waals surface area contributed by atoms with Crippen molar-refractivity contribution in [3.63, 3.8) is 0 Å². The highest BCUT2D eigenvalue weighted by Crippen LogP contribution is 2.43. The number of nitriles is 5. The van der Waals surface area contributed by atoms with Crippen molar-refractivity contribution in [3.05, 3.63) is 273 Å². The maximum atomic E-state index is 12.1. The summed E-state index contributed by atoms with van der Waals surface area (Å²) in [5.41, 5.74) is 16.4. The third-order valence-corrected chi connectivity index (χ3v) is 29.0. The molecule has 16 rings (SSSR count). The quantitative estimate of drug-likeness (QED) is 0.0244. The minimum Gasteiger partial charge on any atom is -0.497 e. The van der Waals surface area contributed by atoms with Gasteiger partial charge in [-0.3, -0.25) is 23.6 Å². The second kappa shape index (κ2) is 43.6. The molecule has 0 unspecified atom stereocenters. The minimum atomic E-state index is -3.45. The van der Waals surface area contributed by atoms with Crippen LogP contribution in [0.1, 0.15) is 67.3 Å². The van der Waals surface area contributed by atoms with E-state index in [1.807, 2.05) is 109 Å². The summed E-state index contributed by atoms with van der Waals surface area (Å²) >= 11 is 5.57. The van der Waals surface area contributed by atoms with Crippen molar-refractivity contribution in [2.45, 2.75) is 44.8 Å². The van der Waals surface area contributed by atoms with Crippen molar-refractivity contribution in [3.8, 4) is 115 Å². The van der Waals surface area contributed by atoms with E-state index in [0.717, 1.165) is 88.6 Å². The van der Waals surface area contributed by atoms with Gasteiger partial charge >= 0.3 is 0 Å². The lowest BCUT2D eigenvalue weighted by molar-refractivity contribution is 0.415. The summed E-state index contributed by atoms with van der Waals surface area (Å²) in [5, 5.41) is 52.4. The maximum Gasteiger partial charge on any atom is 0.235 e. The molecule has 1 aliphatic carbocycles. The van der Waals surface area contributed by atoms with Gasteiger partial charge in [-0.2, -0.15) is 26.3 Å². The number of rotatable bonds is 32. The number of nitrogens with one attached hydrogen (secondary N) is 5. The summed E-state index contributed by atoms with van der Waals surface area (Å²) in [5.74, 6) is 3.73. The van der Waals surface area contributed by atoms with E-state index in [9.17, 15) is 68.4 Å². The largest absolute Gasteiger partial charge is 0.497 e. The molecule has 5 aromatic heterocycles. The zero-order chi connectivity index (χ0) is 99.7. The topological polar surface area (TPSA) is 421 Å². The predicted molar refractivity (Wildman–Crippen MR) is 553 cm³/mol. The lowest BCUT2D eigenvalue weighted by Crippen LogP contribution is -2.17. The molecule has 1 saturated carbocycles. The normalized spacial score (nSPS) is 11.7. The van der Waals surface area contributed by atoms with E-state index in [-0.39, 0.29) is 28.4 Å². The number of alkyl halides is 1. The Kier molecular flexibility index (Phi) is 31.9. The third kappa shape index (κ3) is 22.5. The van der Waals surface area contributed by atoms with Crippen molar-refractivity contribution in [2.24, 2.45) is 0 Å². The molecule has 0 saturated heterocycles. The predicted octanol–water partition coefficient (Wildman–Crippen LogP) is 21.0. The second-order valence-corrected chi connectivity index (χ2v) is 40.6. The van der Waals surface area contributed by atoms with Crippen LogP contribution in [0.25, 0.3) is 142 Å². The Morgan fingerprint density at radius 3 is 0.761 bits per heavy atom. The highest BCUT2D eigenvalue weighted by Gasteiger charge is 2.36. The molecule has 0 radical (unpaired) electrons. The monoisotopic (exact) mass is 1970 g/mol. The van der Waals surface area contributed by atoms with Crippen LogP contribution in [0.2, 0.25) is 0 Å². The van der Waals surface area contributed by atoms with Crippen LogP contribution in [-0.2, 0) is 50.1 Å². The van der Waals surface area contributed by atoms with Crippen molar-refractivity contribution in [2.75, 3.05) is 88.6 Å². The van der Waals surface area contributed by atoms with Crippen LogP contribution in [0.3, 0.4) is 0 Å². The van der Waals surface area contributed by atoms with Crippen molar-refractivity contribution >= 4 is 176 Å². The summed E-state index contributed by atoms with van der Waals surface area (Å²) in [6.07, 6.45) is 11.7. The molecule has 138 heavy (non-hydrogen) atoms. The average Bonchev–Trinajstić information content (AvgIpc) is 1.62. The number of anilines is 5. The zero-order valence-corrected chi connectivity index (χ0v) is 81.2. The number of ether oxygens (including phenoxy) is 5. The van der Waals surface area contributed by atoms with E-state index in [1.54, 1.807) is 207 Å². The molecular weight excluding hydrogens is 1870 g/mol. The fourth-order valence-electron chi connectivity index (χ4n) is 15.6. The Hall–Kier alpha value is -15.9. The van der Waals surface area contributed by atoms with Gasteiger partial charge in [0.1, 0.15) is 59.1 Å². The Balaban J connectivity index is 0.000000155. The Morgan fingerprint density at radius 1 is 0.341 bits per heavy atom. The third-order valence-electron chi connectivity index (χ3n) is 22.1. The Labute approximate surface area is 806 Å². The summed E-state index contributed by atoms with van der Waals surface area (Å²) < 4.78 is 167. The van der Waals surface area contributed by atoms with Crippen molar-refractivity contribution in [1.29, 1.82) is 26.3 Å². The number of sulfonamides is 5. The summed E-state index contributed by atoms with van der Waals surface area (Å²) in [7, 11) is -8.86. The number of methoxy groups -OCH3 is 5. The van der Waals surface area contributed by atoms with Crippen LogP contribution in [0.4, 0.5) is 28.4 Å². The molecule has 5 heterocycles. The van der Waals surface area contributed by atoms with E-state index >= 15 is 0 Å². The summed E-state index contributed by atoms with van der Waals surface area (Å²) in [6, 6.07) is 73.5. The highest BCUT2D eigenvalue weighted by atomic mass is 35.5. The molecule has 36 heteroatoms. The smallest absolute Gasteiger partial charge is 0.235 e. The number of aromatic nitrogens is 5. The number of hydrogen-bond acceptors (Lipinski definition) is 20. The van der Waals surface area contributed by atoms with E-state index in [4.69, 9.17) is 35.3 Å². The number of hydrogen-bond donors (Lipinski definition) is 5. The summed E-state index contributed by atoms with van der Waals surface area (Å²) in [6.45, 7) is 22.8. The van der Waals surface area contributed by atoms with Gasteiger partial charge in [0.2, 0.25) is 50.1 Å². The van der Waals surface area contributed by atoms with Crippen LogP contribution in [0.15, 0.2) is 245 Å². The number of halogens is 1. The first kappa shape index (κ1) is 101. The molecule has 1 aliphatic rings. The molecule has 30 nitrogen and oxygen atoms in total. The standard InChI is InChI=1S/C21H20ClN3O3S.C21H19N3O3S.C21H21N3O3S.C20H19N3O3S.C19H17N3O3S/c1-3-25-20-13-17(28-2)9-10-18(20)19(14-23)21(25)15-5-7-16(8-6-15)24-29(26,27)12-4-11-22;1-3-24-20-12-16(27-2)8-11-18(20)19(13-22)21(24)14-4-6-15(7-5-14)23-28(25,26)17-9-10-17;1-4-12-28(25,26)23-16-8-6-15(7-9-16)21-19(14-22)18-11-10-17(27-3)13-20(18)24(21)5-2;1-4-23-19-12-16(26-3)10-11-17(19)18(13-21)20(23)14-6-8-15(9-7-14)22-27(24,25)5-2;1-4-22-18-11-15(25-2)9-10-16(18)17(12-20)19(22)13-5-7-14(8-6-13)21-26(3,23)24/h3,5-10,13,24H,1,4,11-12H2,2H3;3-8,11-12,17,23H,1,9-10H2,2H3;5-11,13,23H,2,4,12H2,1,3H3;4,6-12,22H,1,5H2,2-3H3;4-11,21H,1H2,2-3H3. The number of benzene rings is 10. The number of nitrogens with zero attached hydrogens (tertiary/aromatic N) is 10. The van der Waals surface area contributed by atoms with Gasteiger partial charge in [0, 0.05) is 150 Å². The molecule has 0 aliphatic heterocycles. The fraction of sp³-hybridized carbons (Fsp3) is 0.167. The lowest BCUT2D eigenvalue weighted by atomic mass is 10.1. The first-order valence-corrected chi connectivity index (χ1v) is 51.4. The molecule has 0 atom stereocenters. The molecule has 706 valence electrons. The molecular formula is C102H96ClN15O15S5. The molecule has 1 fully saturated rings. The van der Waals surface area contributed by atoms with Crippen molar-refractivity contribution in [1.82, 2.24) is 22.8 Å². The van der Waals surface area contributed by atoms with E-state index < -0.39 is 50.1 Å². The first-order valence-electron chi connectivity index (χ1n) is 42.5. The molecule has 15 aromatic rings. The van der Waals surface area contributed by atoms with Gasteiger partial charge in [0.05, 0.1) is 148 Å². The van der Waals surface area contributed by atoms with Crippen LogP contribution in [0, 0.1) is 56.7 Å². The SMILES string of the molecule is C=Cn1c(-c2ccc(NS(=O)(=O)C3CC3)cc2)c(C#N)c2ccc(OC)cc21.C=Cn1c(-c2ccc(NS(=O)(=O)CC)cc2)c(C#N)c2ccc(OC)cc21.C=Cn1c(-c2ccc(NS(=O)(=O)CCC)cc2)c(C#N)c2ccc(OC)cc21.C=Cn1c(-c2ccc(NS(=O)(=O)CCCCl)cc2)c(C#N)c2ccc(OC)cc21.C=Cn1c(-c2ccc(NS(C)(=O)=O)cc2)c(C#N)c2ccc(OC)cc21. The van der Waals surface area contributed by atoms with E-state index in [2.05, 4.69) is 86.9 Å². The van der Waals surface area contributed by atoms with Gasteiger partial charge in [-0.05, 0) is 154 Å². The Morgan fingerprint density at radius 2 is 0.565 bits per heavy atom. The zero-order valence-electron chi connectivity index (χ0n) is 76.4. The van der Waals surface area contributed by atoms with Crippen LogP contribution in [0.5, 0.6) is 28.7 Å². The van der Waals surface area contributed by atoms with Gasteiger partial charge in [-0.1, -0.05) is 100 Å². The van der Waals surface area contributed by atoms with Crippen LogP contribution >= 0.6 is 11.6 Å². The molecule has 0 bridgehead atoms. The van der Waals surface area contributed by atoms with Crippen molar-refractivity contribution < 1.29 is 65.8 Å². The minimum absolute atomic E-state index is 0.000130. The first-order chi connectivity index (χ1) is 66.2. The van der Waals surface area contributed by atoms with Crippen LogP contribution in [-0.4, -0.2) is 135 Å². The van der Waals surface area contributed by atoms with Gasteiger partial charge < -0.3 is 46.5 Å². The average molecular weight is 1970 g/mol. The lowest BCUT2D eigenvalue weighted by Gasteiger charge is -2.10. The highest BCUT2D eigenvalue weighted by molar-refractivity contribution is 7.94. The van der Waals surface area contributed by atoms with Gasteiger partial charge in [0.25, 0.3) is 0 Å². The molecule has 0 amide bonds. The second-order valence-electron chi connectivity index (χ2n) is 30.9. The van der Waals surface area contributed by atoms with Gasteiger partial charge in [-0.15, -0.1) is 11.6 Å².